The Morgan fingerprint density at radius 3 is 2.72 bits per heavy atom. The zero-order valence-electron chi connectivity index (χ0n) is 24.6. The Morgan fingerprint density at radius 1 is 1.21 bits per heavy atom. The maximum absolute atomic E-state index is 13.4. The minimum absolute atomic E-state index is 0.160. The van der Waals surface area contributed by atoms with Gasteiger partial charge in [0.05, 0.1) is 26.8 Å². The molecule has 2 fully saturated rings. The summed E-state index contributed by atoms with van der Waals surface area (Å²) in [7, 11) is 0. The lowest BCUT2D eigenvalue weighted by Crippen LogP contribution is -2.39. The number of allylic oxidation sites excluding steroid dienone is 1. The van der Waals surface area contributed by atoms with Gasteiger partial charge in [0.1, 0.15) is 11.6 Å². The molecule has 2 aromatic heterocycles. The van der Waals surface area contributed by atoms with E-state index in [-0.39, 0.29) is 27.3 Å². The summed E-state index contributed by atoms with van der Waals surface area (Å²) in [6.07, 6.45) is 4.75. The van der Waals surface area contributed by atoms with Crippen LogP contribution in [-0.4, -0.2) is 45.4 Å². The first kappa shape index (κ1) is 30.8. The second kappa shape index (κ2) is 13.8. The van der Waals surface area contributed by atoms with Gasteiger partial charge < -0.3 is 14.8 Å². The third-order valence-corrected chi connectivity index (χ3v) is 9.13. The summed E-state index contributed by atoms with van der Waals surface area (Å²) in [4.78, 5) is 33.1. The van der Waals surface area contributed by atoms with Crippen molar-refractivity contribution in [3.8, 4) is 6.07 Å². The number of nitriles is 1. The predicted octanol–water partition coefficient (Wildman–Crippen LogP) is 6.66. The number of halogens is 2. The number of hydrogen-bond acceptors (Lipinski definition) is 6. The number of carbonyl (C=O) groups excluding carboxylic acids is 2. The van der Waals surface area contributed by atoms with Gasteiger partial charge in [-0.3, -0.25) is 14.9 Å². The zero-order valence-corrected chi connectivity index (χ0v) is 25.4. The number of nitrogens with zero attached hydrogens (tertiary/aromatic N) is 4. The third-order valence-electron chi connectivity index (χ3n) is 8.04. The van der Waals surface area contributed by atoms with Gasteiger partial charge in [-0.15, -0.1) is 11.3 Å². The van der Waals surface area contributed by atoms with E-state index in [9.17, 15) is 23.6 Å². The number of nitrogens with one attached hydrogen (secondary N) is 2. The van der Waals surface area contributed by atoms with Gasteiger partial charge in [0, 0.05) is 19.6 Å². The number of amides is 2. The smallest absolute Gasteiger partial charge is 0.272 e. The number of rotatable bonds is 13. The van der Waals surface area contributed by atoms with Crippen molar-refractivity contribution in [1.29, 1.82) is 5.26 Å². The van der Waals surface area contributed by atoms with Gasteiger partial charge in [0.15, 0.2) is 0 Å². The van der Waals surface area contributed by atoms with E-state index in [0.29, 0.717) is 43.4 Å². The number of fused-ring (bicyclic) bond motifs is 1. The van der Waals surface area contributed by atoms with Crippen LogP contribution in [0.2, 0.25) is 0 Å². The Morgan fingerprint density at radius 2 is 2.02 bits per heavy atom. The Balaban J connectivity index is 1.40. The molecule has 1 saturated carbocycles. The molecule has 1 aliphatic carbocycles. The molecule has 0 radical (unpaired) electrons. The molecule has 0 bridgehead atoms. The lowest BCUT2D eigenvalue weighted by Gasteiger charge is -2.26. The van der Waals surface area contributed by atoms with E-state index in [1.807, 2.05) is 22.8 Å². The van der Waals surface area contributed by atoms with Gasteiger partial charge in [-0.25, -0.2) is 13.8 Å². The van der Waals surface area contributed by atoms with E-state index in [4.69, 9.17) is 4.98 Å². The fraction of sp³-hybridized carbons (Fsp3) is 0.500. The van der Waals surface area contributed by atoms with E-state index in [1.165, 1.54) is 25.0 Å². The molecule has 8 nitrogen and oxygen atoms in total. The van der Waals surface area contributed by atoms with E-state index >= 15 is 0 Å². The molecular weight excluding hydrogens is 570 g/mol. The molecule has 2 amide bonds. The molecule has 1 aliphatic heterocycles. The standard InChI is InChI=1S/C32H38F2N6O2S/c1-20(2)5-3-6-23(16-35)31(42)39-14-4-7-24(39)19-40-26-11-10-22(18-36-17-21-8-9-21)15-25(26)37-32(40)38-30(41)28-13-12-27(43-28)29(33)34/h6,10-13,15,20-21,24,29,36H,3-5,7-9,14,17-19H2,1-2H3,(H,37,38,41)/b23-6+/t24-/m1/s1. The number of anilines is 1. The number of likely N-dealkylation sites (tertiary alicyclic amines) is 1. The van der Waals surface area contributed by atoms with Crippen LogP contribution in [0, 0.1) is 23.2 Å². The number of carbonyl (C=O) groups is 2. The SMILES string of the molecule is CC(C)CC/C=C(\C#N)C(=O)N1CCC[C@@H]1Cn1c(NC(=O)c2ccc(C(F)F)s2)nc2cc(CNCC3CC3)ccc21. The van der Waals surface area contributed by atoms with Crippen molar-refractivity contribution in [3.05, 3.63) is 57.3 Å². The Bertz CT molecular complexity index is 1530. The lowest BCUT2D eigenvalue weighted by atomic mass is 10.1. The van der Waals surface area contributed by atoms with Crippen LogP contribution in [0.3, 0.4) is 0 Å². The first-order valence-electron chi connectivity index (χ1n) is 15.0. The van der Waals surface area contributed by atoms with Gasteiger partial charge in [-0.2, -0.15) is 5.26 Å². The summed E-state index contributed by atoms with van der Waals surface area (Å²) in [5.41, 5.74) is 2.72. The summed E-state index contributed by atoms with van der Waals surface area (Å²) in [6, 6.07) is 10.5. The van der Waals surface area contributed by atoms with Crippen molar-refractivity contribution in [2.45, 2.75) is 77.9 Å². The summed E-state index contributed by atoms with van der Waals surface area (Å²) < 4.78 is 28.2. The maximum Gasteiger partial charge on any atom is 0.272 e. The van der Waals surface area contributed by atoms with E-state index < -0.39 is 12.3 Å². The topological polar surface area (TPSA) is 103 Å². The second-order valence-electron chi connectivity index (χ2n) is 11.9. The molecule has 0 unspecified atom stereocenters. The highest BCUT2D eigenvalue weighted by atomic mass is 32.1. The Kier molecular flexibility index (Phi) is 9.88. The number of aromatic nitrogens is 2. The molecule has 3 aromatic rings. The quantitative estimate of drug-likeness (QED) is 0.167. The van der Waals surface area contributed by atoms with Crippen LogP contribution in [0.15, 0.2) is 42.0 Å². The van der Waals surface area contributed by atoms with Crippen molar-refractivity contribution in [1.82, 2.24) is 19.8 Å². The molecule has 1 atom stereocenters. The first-order chi connectivity index (χ1) is 20.7. The van der Waals surface area contributed by atoms with E-state index in [1.54, 1.807) is 11.0 Å². The Hall–Kier alpha value is -3.62. The molecule has 2 aliphatic rings. The van der Waals surface area contributed by atoms with Gasteiger partial charge in [-0.05, 0) is 86.7 Å². The van der Waals surface area contributed by atoms with Crippen molar-refractivity contribution in [2.24, 2.45) is 11.8 Å². The highest BCUT2D eigenvalue weighted by molar-refractivity contribution is 7.14. The van der Waals surface area contributed by atoms with Gasteiger partial charge in [0.25, 0.3) is 18.2 Å². The van der Waals surface area contributed by atoms with Crippen LogP contribution in [0.1, 0.15) is 78.9 Å². The normalized spacial score (nSPS) is 17.3. The molecule has 5 rings (SSSR count). The van der Waals surface area contributed by atoms with Crippen molar-refractivity contribution < 1.29 is 18.4 Å². The summed E-state index contributed by atoms with van der Waals surface area (Å²) >= 11 is 0.754. The predicted molar refractivity (Wildman–Crippen MR) is 164 cm³/mol. The van der Waals surface area contributed by atoms with Crippen LogP contribution >= 0.6 is 11.3 Å². The summed E-state index contributed by atoms with van der Waals surface area (Å²) in [5.74, 6) is 0.739. The molecule has 1 saturated heterocycles. The molecule has 11 heteroatoms. The molecule has 3 heterocycles. The van der Waals surface area contributed by atoms with Crippen LogP contribution < -0.4 is 10.6 Å². The molecular formula is C32H38F2N6O2S. The van der Waals surface area contributed by atoms with Crippen molar-refractivity contribution >= 4 is 40.1 Å². The minimum atomic E-state index is -2.65. The highest BCUT2D eigenvalue weighted by Crippen LogP contribution is 2.30. The monoisotopic (exact) mass is 608 g/mol. The number of imidazole rings is 1. The molecule has 2 N–H and O–H groups in total. The first-order valence-corrected chi connectivity index (χ1v) is 15.9. The second-order valence-corrected chi connectivity index (χ2v) is 13.0. The van der Waals surface area contributed by atoms with Crippen LogP contribution in [0.4, 0.5) is 14.7 Å². The highest BCUT2D eigenvalue weighted by Gasteiger charge is 2.32. The van der Waals surface area contributed by atoms with Crippen LogP contribution in [0.25, 0.3) is 11.0 Å². The number of thiophene rings is 1. The summed E-state index contributed by atoms with van der Waals surface area (Å²) in [5, 5.41) is 16.1. The molecule has 1 aromatic carbocycles. The number of benzene rings is 1. The van der Waals surface area contributed by atoms with E-state index in [2.05, 4.69) is 30.6 Å². The molecule has 228 valence electrons. The van der Waals surface area contributed by atoms with Gasteiger partial charge in [0.2, 0.25) is 5.95 Å². The average molecular weight is 609 g/mol. The average Bonchev–Trinajstić information content (AvgIpc) is 3.34. The molecule has 43 heavy (non-hydrogen) atoms. The summed E-state index contributed by atoms with van der Waals surface area (Å²) in [6.45, 7) is 6.81. The van der Waals surface area contributed by atoms with Gasteiger partial charge >= 0.3 is 0 Å². The van der Waals surface area contributed by atoms with Gasteiger partial charge in [-0.1, -0.05) is 26.0 Å². The third kappa shape index (κ3) is 7.67. The largest absolute Gasteiger partial charge is 0.333 e. The van der Waals surface area contributed by atoms with Crippen molar-refractivity contribution in [3.63, 3.8) is 0 Å². The molecule has 0 spiro atoms. The zero-order chi connectivity index (χ0) is 30.5. The fourth-order valence-electron chi connectivity index (χ4n) is 5.46. The van der Waals surface area contributed by atoms with Crippen molar-refractivity contribution in [2.75, 3.05) is 18.4 Å². The number of alkyl halides is 2. The fourth-order valence-corrected chi connectivity index (χ4v) is 6.22. The van der Waals surface area contributed by atoms with Crippen LogP contribution in [0.5, 0.6) is 0 Å². The minimum Gasteiger partial charge on any atom is -0.333 e. The number of hydrogen-bond donors (Lipinski definition) is 2. The lowest BCUT2D eigenvalue weighted by molar-refractivity contribution is -0.127. The maximum atomic E-state index is 13.4. The van der Waals surface area contributed by atoms with E-state index in [0.717, 1.165) is 54.1 Å². The Labute approximate surface area is 254 Å². The van der Waals surface area contributed by atoms with Crippen LogP contribution in [-0.2, 0) is 17.9 Å².